The molecule has 0 radical (unpaired) electrons. The molecule has 0 bridgehead atoms. The standard InChI is InChI=1S/C26H25N3O2/c1-17(2)20-11-13-21(14-12-20)25-23-9-4-5-10-24(23)29(26(31)28-25)16-19-7-6-8-22(15-19)27-18(3)30/h4-15,17H,16H2,1-3H3,(H,27,30). The van der Waals surface area contributed by atoms with Crippen LogP contribution in [0.4, 0.5) is 5.69 Å². The third kappa shape index (κ3) is 4.40. The van der Waals surface area contributed by atoms with Crippen LogP contribution in [0.3, 0.4) is 0 Å². The average molecular weight is 412 g/mol. The van der Waals surface area contributed by atoms with E-state index in [1.54, 1.807) is 4.57 Å². The van der Waals surface area contributed by atoms with Crippen molar-refractivity contribution in [2.24, 2.45) is 0 Å². The molecule has 3 aromatic carbocycles. The summed E-state index contributed by atoms with van der Waals surface area (Å²) in [5, 5.41) is 3.71. The summed E-state index contributed by atoms with van der Waals surface area (Å²) in [6, 6.07) is 23.6. The summed E-state index contributed by atoms with van der Waals surface area (Å²) in [4.78, 5) is 28.9. The summed E-state index contributed by atoms with van der Waals surface area (Å²) in [5.74, 6) is 0.314. The van der Waals surface area contributed by atoms with Gasteiger partial charge in [-0.2, -0.15) is 4.98 Å². The van der Waals surface area contributed by atoms with Crippen LogP contribution in [0.15, 0.2) is 77.6 Å². The molecule has 1 N–H and O–H groups in total. The van der Waals surface area contributed by atoms with E-state index in [4.69, 9.17) is 0 Å². The maximum atomic E-state index is 13.1. The maximum absolute atomic E-state index is 13.1. The van der Waals surface area contributed by atoms with E-state index in [9.17, 15) is 9.59 Å². The molecule has 31 heavy (non-hydrogen) atoms. The summed E-state index contributed by atoms with van der Waals surface area (Å²) in [6.45, 7) is 6.16. The van der Waals surface area contributed by atoms with E-state index in [0.29, 0.717) is 23.8 Å². The zero-order valence-electron chi connectivity index (χ0n) is 17.9. The van der Waals surface area contributed by atoms with Crippen LogP contribution in [0.2, 0.25) is 0 Å². The van der Waals surface area contributed by atoms with Crippen molar-refractivity contribution < 1.29 is 4.79 Å². The largest absolute Gasteiger partial charge is 0.348 e. The molecule has 4 aromatic rings. The van der Waals surface area contributed by atoms with Crippen molar-refractivity contribution in [2.45, 2.75) is 33.2 Å². The average Bonchev–Trinajstić information content (AvgIpc) is 2.75. The summed E-state index contributed by atoms with van der Waals surface area (Å²) in [5.41, 5.74) is 5.02. The van der Waals surface area contributed by atoms with Gasteiger partial charge in [0.1, 0.15) is 0 Å². The molecular weight excluding hydrogens is 386 g/mol. The number of benzene rings is 3. The van der Waals surface area contributed by atoms with E-state index in [2.05, 4.69) is 36.3 Å². The minimum atomic E-state index is -0.299. The second kappa shape index (κ2) is 8.56. The van der Waals surface area contributed by atoms with Crippen molar-refractivity contribution in [2.75, 3.05) is 5.32 Å². The third-order valence-corrected chi connectivity index (χ3v) is 5.33. The van der Waals surface area contributed by atoms with Crippen molar-refractivity contribution in [3.8, 4) is 11.3 Å². The van der Waals surface area contributed by atoms with Gasteiger partial charge < -0.3 is 5.32 Å². The predicted octanol–water partition coefficient (Wildman–Crippen LogP) is 5.19. The lowest BCUT2D eigenvalue weighted by molar-refractivity contribution is -0.114. The first-order valence-corrected chi connectivity index (χ1v) is 10.4. The van der Waals surface area contributed by atoms with Crippen LogP contribution in [-0.2, 0) is 11.3 Å². The number of para-hydroxylation sites is 1. The fourth-order valence-electron chi connectivity index (χ4n) is 3.76. The molecule has 5 nitrogen and oxygen atoms in total. The number of aromatic nitrogens is 2. The van der Waals surface area contributed by atoms with Crippen molar-refractivity contribution in [3.05, 3.63) is 94.4 Å². The Bertz CT molecular complexity index is 1300. The first-order chi connectivity index (χ1) is 14.9. The number of nitrogens with one attached hydrogen (secondary N) is 1. The van der Waals surface area contributed by atoms with Gasteiger partial charge in [0.05, 0.1) is 17.8 Å². The van der Waals surface area contributed by atoms with Crippen molar-refractivity contribution >= 4 is 22.5 Å². The molecule has 1 amide bonds. The molecule has 1 heterocycles. The number of anilines is 1. The Balaban J connectivity index is 1.79. The zero-order chi connectivity index (χ0) is 22.0. The predicted molar refractivity (Wildman–Crippen MR) is 125 cm³/mol. The Morgan fingerprint density at radius 3 is 2.45 bits per heavy atom. The third-order valence-electron chi connectivity index (χ3n) is 5.33. The normalized spacial score (nSPS) is 11.1. The molecule has 4 rings (SSSR count). The minimum absolute atomic E-state index is 0.130. The van der Waals surface area contributed by atoms with Gasteiger partial charge in [-0.05, 0) is 35.2 Å². The Morgan fingerprint density at radius 1 is 1.00 bits per heavy atom. The smallest absolute Gasteiger partial charge is 0.326 e. The monoisotopic (exact) mass is 411 g/mol. The lowest BCUT2D eigenvalue weighted by Crippen LogP contribution is -2.24. The molecule has 0 saturated carbocycles. The Labute approximate surface area is 181 Å². The maximum Gasteiger partial charge on any atom is 0.348 e. The van der Waals surface area contributed by atoms with Gasteiger partial charge in [-0.15, -0.1) is 0 Å². The lowest BCUT2D eigenvalue weighted by Gasteiger charge is -2.14. The van der Waals surface area contributed by atoms with Crippen LogP contribution < -0.4 is 11.0 Å². The molecule has 0 aliphatic heterocycles. The van der Waals surface area contributed by atoms with Gasteiger partial charge in [0.2, 0.25) is 5.91 Å². The Morgan fingerprint density at radius 2 is 1.74 bits per heavy atom. The summed E-state index contributed by atoms with van der Waals surface area (Å²) < 4.78 is 1.67. The highest BCUT2D eigenvalue weighted by atomic mass is 16.1. The fourth-order valence-corrected chi connectivity index (χ4v) is 3.76. The van der Waals surface area contributed by atoms with Gasteiger partial charge in [-0.25, -0.2) is 4.79 Å². The van der Waals surface area contributed by atoms with Gasteiger partial charge in [-0.1, -0.05) is 68.4 Å². The number of carbonyl (C=O) groups is 1. The molecule has 0 aliphatic rings. The van der Waals surface area contributed by atoms with Crippen molar-refractivity contribution in [1.82, 2.24) is 9.55 Å². The molecule has 0 aliphatic carbocycles. The van der Waals surface area contributed by atoms with Crippen LogP contribution in [-0.4, -0.2) is 15.5 Å². The number of rotatable bonds is 5. The van der Waals surface area contributed by atoms with Crippen LogP contribution in [0, 0.1) is 0 Å². The second-order valence-corrected chi connectivity index (χ2v) is 8.00. The highest BCUT2D eigenvalue weighted by Crippen LogP contribution is 2.27. The SMILES string of the molecule is CC(=O)Nc1cccc(Cn2c(=O)nc(-c3ccc(C(C)C)cc3)c3ccccc32)c1. The quantitative estimate of drug-likeness (QED) is 0.491. The molecule has 0 fully saturated rings. The van der Waals surface area contributed by atoms with E-state index in [0.717, 1.165) is 22.0 Å². The van der Waals surface area contributed by atoms with Crippen molar-refractivity contribution in [1.29, 1.82) is 0 Å². The molecular formula is C26H25N3O2. The van der Waals surface area contributed by atoms with Gasteiger partial charge >= 0.3 is 5.69 Å². The first kappa shape index (κ1) is 20.5. The Hall–Kier alpha value is -3.73. The van der Waals surface area contributed by atoms with Gasteiger partial charge in [0.25, 0.3) is 0 Å². The molecule has 0 unspecified atom stereocenters. The van der Waals surface area contributed by atoms with E-state index in [1.807, 2.05) is 60.7 Å². The molecule has 156 valence electrons. The number of nitrogens with zero attached hydrogens (tertiary/aromatic N) is 2. The van der Waals surface area contributed by atoms with Gasteiger partial charge in [0.15, 0.2) is 0 Å². The minimum Gasteiger partial charge on any atom is -0.326 e. The lowest BCUT2D eigenvalue weighted by atomic mass is 9.99. The summed E-state index contributed by atoms with van der Waals surface area (Å²) >= 11 is 0. The van der Waals surface area contributed by atoms with E-state index < -0.39 is 0 Å². The van der Waals surface area contributed by atoms with Gasteiger partial charge in [-0.3, -0.25) is 9.36 Å². The van der Waals surface area contributed by atoms with Crippen LogP contribution in [0.25, 0.3) is 22.2 Å². The Kier molecular flexibility index (Phi) is 5.67. The van der Waals surface area contributed by atoms with Gasteiger partial charge in [0, 0.05) is 23.6 Å². The molecule has 1 aromatic heterocycles. The van der Waals surface area contributed by atoms with Crippen LogP contribution in [0.5, 0.6) is 0 Å². The number of amides is 1. The highest BCUT2D eigenvalue weighted by molar-refractivity contribution is 5.92. The molecule has 0 spiro atoms. The summed E-state index contributed by atoms with van der Waals surface area (Å²) in [6.07, 6.45) is 0. The molecule has 0 saturated heterocycles. The number of fused-ring (bicyclic) bond motifs is 1. The zero-order valence-corrected chi connectivity index (χ0v) is 17.9. The summed E-state index contributed by atoms with van der Waals surface area (Å²) in [7, 11) is 0. The van der Waals surface area contributed by atoms with Crippen LogP contribution >= 0.6 is 0 Å². The fraction of sp³-hybridized carbons (Fsp3) is 0.192. The van der Waals surface area contributed by atoms with E-state index >= 15 is 0 Å². The number of hydrogen-bond acceptors (Lipinski definition) is 3. The number of carbonyl (C=O) groups excluding carboxylic acids is 1. The van der Waals surface area contributed by atoms with E-state index in [-0.39, 0.29) is 11.6 Å². The van der Waals surface area contributed by atoms with Crippen molar-refractivity contribution in [3.63, 3.8) is 0 Å². The second-order valence-electron chi connectivity index (χ2n) is 8.00. The van der Waals surface area contributed by atoms with E-state index in [1.165, 1.54) is 12.5 Å². The molecule has 0 atom stereocenters. The van der Waals surface area contributed by atoms with Crippen LogP contribution in [0.1, 0.15) is 37.8 Å². The highest BCUT2D eigenvalue weighted by Gasteiger charge is 2.13. The molecule has 5 heteroatoms. The topological polar surface area (TPSA) is 64.0 Å². The number of hydrogen-bond donors (Lipinski definition) is 1. The first-order valence-electron chi connectivity index (χ1n) is 10.4.